The van der Waals surface area contributed by atoms with Crippen LogP contribution in [-0.2, 0) is 9.59 Å². The van der Waals surface area contributed by atoms with Crippen LogP contribution in [0.2, 0.25) is 0 Å². The highest BCUT2D eigenvalue weighted by Crippen LogP contribution is 2.44. The van der Waals surface area contributed by atoms with E-state index in [2.05, 4.69) is 15.6 Å². The average Bonchev–Trinajstić information content (AvgIpc) is 3.34. The summed E-state index contributed by atoms with van der Waals surface area (Å²) < 4.78 is 10.9. The highest BCUT2D eigenvalue weighted by molar-refractivity contribution is 6.02. The minimum atomic E-state index is -0.399. The molecular formula is C26H22N4O5. The third kappa shape index (κ3) is 3.74. The lowest BCUT2D eigenvalue weighted by atomic mass is 9.77. The van der Waals surface area contributed by atoms with Gasteiger partial charge in [0.25, 0.3) is 5.56 Å². The number of nitrogens with zero attached hydrogens (tertiary/aromatic N) is 2. The number of ketones is 1. The molecule has 0 spiro atoms. The molecule has 2 N–H and O–H groups in total. The number of nitrogens with one attached hydrogen (secondary N) is 2. The van der Waals surface area contributed by atoms with E-state index in [9.17, 15) is 14.4 Å². The first-order valence-electron chi connectivity index (χ1n) is 11.5. The number of Topliss-reactive ketones (excluding diaryl/α,β-unsaturated/α-hetero) is 1. The predicted octanol–water partition coefficient (Wildman–Crippen LogP) is 3.52. The normalized spacial score (nSPS) is 19.1. The molecule has 35 heavy (non-hydrogen) atoms. The van der Waals surface area contributed by atoms with Crippen LogP contribution in [0.1, 0.15) is 37.2 Å². The lowest BCUT2D eigenvalue weighted by molar-refractivity contribution is -0.130. The van der Waals surface area contributed by atoms with E-state index in [1.165, 1.54) is 11.1 Å². The number of benzene rings is 2. The predicted molar refractivity (Wildman–Crippen MR) is 127 cm³/mol. The van der Waals surface area contributed by atoms with Crippen molar-refractivity contribution in [3.05, 3.63) is 81.8 Å². The molecule has 1 aromatic heterocycles. The van der Waals surface area contributed by atoms with Crippen molar-refractivity contribution < 1.29 is 19.1 Å². The van der Waals surface area contributed by atoms with E-state index in [4.69, 9.17) is 9.47 Å². The number of rotatable bonds is 4. The number of hydrazine groups is 1. The summed E-state index contributed by atoms with van der Waals surface area (Å²) >= 11 is 0. The summed E-state index contributed by atoms with van der Waals surface area (Å²) in [5, 5.41) is 8.10. The maximum Gasteiger partial charge on any atom is 0.266 e. The number of carbonyl (C=O) groups is 2. The standard InChI is InChI=1S/C26H22N4O5/c31-20-8-4-7-19-25(20)17(16-9-10-21-22(11-16)35-14-34-21)12-24(33)30(19)29-18-13-23(32)27-28-26(18)15-5-2-1-3-6-15/h1-3,5-6,9-11,13,17H,4,7-8,12,14H2,(H2,27,29,32)/t17-/m0/s1. The number of hydrogen-bond acceptors (Lipinski definition) is 7. The number of carbonyl (C=O) groups excluding carboxylic acids is 2. The average molecular weight is 470 g/mol. The van der Waals surface area contributed by atoms with Crippen molar-refractivity contribution in [2.45, 2.75) is 31.6 Å². The molecule has 1 amide bonds. The molecule has 3 heterocycles. The zero-order valence-corrected chi connectivity index (χ0v) is 18.7. The van der Waals surface area contributed by atoms with Gasteiger partial charge in [0.2, 0.25) is 12.7 Å². The zero-order valence-electron chi connectivity index (χ0n) is 18.7. The fourth-order valence-corrected chi connectivity index (χ4v) is 4.96. The molecule has 0 radical (unpaired) electrons. The maximum atomic E-state index is 13.5. The molecule has 0 saturated carbocycles. The summed E-state index contributed by atoms with van der Waals surface area (Å²) in [6.07, 6.45) is 1.76. The number of allylic oxidation sites excluding steroid dienone is 2. The number of aromatic amines is 1. The Bertz CT molecular complexity index is 1430. The van der Waals surface area contributed by atoms with Gasteiger partial charge in [-0.05, 0) is 30.5 Å². The first kappa shape index (κ1) is 21.2. The number of fused-ring (bicyclic) bond motifs is 1. The van der Waals surface area contributed by atoms with Gasteiger partial charge >= 0.3 is 0 Å². The van der Waals surface area contributed by atoms with Gasteiger partial charge in [-0.1, -0.05) is 36.4 Å². The second kappa shape index (κ2) is 8.43. The Morgan fingerprint density at radius 1 is 0.971 bits per heavy atom. The monoisotopic (exact) mass is 470 g/mol. The van der Waals surface area contributed by atoms with Crippen molar-refractivity contribution in [2.75, 3.05) is 12.2 Å². The van der Waals surface area contributed by atoms with E-state index < -0.39 is 5.56 Å². The molecular weight excluding hydrogens is 448 g/mol. The van der Waals surface area contributed by atoms with E-state index >= 15 is 0 Å². The Morgan fingerprint density at radius 2 is 1.80 bits per heavy atom. The van der Waals surface area contributed by atoms with Gasteiger partial charge in [0.15, 0.2) is 17.3 Å². The lowest BCUT2D eigenvalue weighted by Crippen LogP contribution is -2.43. The second-order valence-electron chi connectivity index (χ2n) is 8.71. The van der Waals surface area contributed by atoms with E-state index in [1.54, 1.807) is 0 Å². The Morgan fingerprint density at radius 3 is 2.66 bits per heavy atom. The molecule has 9 heteroatoms. The number of ether oxygens (including phenoxy) is 2. The van der Waals surface area contributed by atoms with E-state index in [0.29, 0.717) is 53.4 Å². The van der Waals surface area contributed by atoms with Crippen LogP contribution in [0.5, 0.6) is 11.5 Å². The van der Waals surface area contributed by atoms with Crippen LogP contribution in [0.4, 0.5) is 5.69 Å². The van der Waals surface area contributed by atoms with Crippen LogP contribution in [0.3, 0.4) is 0 Å². The van der Waals surface area contributed by atoms with Crippen LogP contribution < -0.4 is 20.5 Å². The minimum Gasteiger partial charge on any atom is -0.454 e. The Balaban J connectivity index is 1.42. The fourth-order valence-electron chi connectivity index (χ4n) is 4.96. The Labute approximate surface area is 200 Å². The first-order chi connectivity index (χ1) is 17.1. The van der Waals surface area contributed by atoms with Gasteiger partial charge in [0.05, 0.1) is 11.4 Å². The van der Waals surface area contributed by atoms with Crippen molar-refractivity contribution in [1.82, 2.24) is 15.2 Å². The third-order valence-electron chi connectivity index (χ3n) is 6.56. The number of H-pyrrole nitrogens is 1. The van der Waals surface area contributed by atoms with E-state index in [-0.39, 0.29) is 30.8 Å². The van der Waals surface area contributed by atoms with Crippen LogP contribution in [0.25, 0.3) is 11.3 Å². The zero-order chi connectivity index (χ0) is 23.9. The third-order valence-corrected chi connectivity index (χ3v) is 6.56. The van der Waals surface area contributed by atoms with Gasteiger partial charge in [0.1, 0.15) is 5.69 Å². The molecule has 9 nitrogen and oxygen atoms in total. The molecule has 0 unspecified atom stereocenters. The molecule has 2 aromatic carbocycles. The van der Waals surface area contributed by atoms with Crippen molar-refractivity contribution in [3.8, 4) is 22.8 Å². The highest BCUT2D eigenvalue weighted by atomic mass is 16.7. The van der Waals surface area contributed by atoms with Crippen molar-refractivity contribution in [2.24, 2.45) is 0 Å². The van der Waals surface area contributed by atoms with Gasteiger partial charge in [-0.25, -0.2) is 10.1 Å². The molecule has 3 aromatic rings. The smallest absolute Gasteiger partial charge is 0.266 e. The van der Waals surface area contributed by atoms with Crippen molar-refractivity contribution in [1.29, 1.82) is 0 Å². The summed E-state index contributed by atoms with van der Waals surface area (Å²) in [6.45, 7) is 0.154. The molecule has 0 fully saturated rings. The number of amides is 1. The van der Waals surface area contributed by atoms with Crippen molar-refractivity contribution >= 4 is 17.4 Å². The quantitative estimate of drug-likeness (QED) is 0.600. The number of anilines is 1. The van der Waals surface area contributed by atoms with E-state index in [0.717, 1.165) is 11.1 Å². The van der Waals surface area contributed by atoms with Gasteiger partial charge in [-0.2, -0.15) is 5.10 Å². The van der Waals surface area contributed by atoms with Gasteiger partial charge < -0.3 is 9.47 Å². The van der Waals surface area contributed by atoms with Crippen LogP contribution in [-0.4, -0.2) is 33.7 Å². The maximum absolute atomic E-state index is 13.5. The molecule has 1 aliphatic carbocycles. The fraction of sp³-hybridized carbons (Fsp3) is 0.231. The summed E-state index contributed by atoms with van der Waals surface area (Å²) in [4.78, 5) is 38.7. The minimum absolute atomic E-state index is 0.0283. The second-order valence-corrected chi connectivity index (χ2v) is 8.71. The largest absolute Gasteiger partial charge is 0.454 e. The molecule has 176 valence electrons. The molecule has 1 atom stereocenters. The SMILES string of the molecule is O=C1CCCC2=C1[C@H](c1ccc3c(c1)OCO3)CC(=O)N2Nc1cc(=O)[nH]nc1-c1ccccc1. The van der Waals surface area contributed by atoms with Gasteiger partial charge in [0, 0.05) is 36.0 Å². The lowest BCUT2D eigenvalue weighted by Gasteiger charge is -2.38. The first-order valence-corrected chi connectivity index (χ1v) is 11.5. The van der Waals surface area contributed by atoms with Gasteiger partial charge in [-0.15, -0.1) is 0 Å². The topological polar surface area (TPSA) is 114 Å². The van der Waals surface area contributed by atoms with Crippen LogP contribution in [0, 0.1) is 0 Å². The highest BCUT2D eigenvalue weighted by Gasteiger charge is 2.40. The summed E-state index contributed by atoms with van der Waals surface area (Å²) in [6, 6.07) is 16.3. The van der Waals surface area contributed by atoms with Gasteiger partial charge in [-0.3, -0.25) is 19.8 Å². The van der Waals surface area contributed by atoms with E-state index in [1.807, 2.05) is 48.5 Å². The number of aromatic nitrogens is 2. The Hall–Kier alpha value is -4.40. The van der Waals surface area contributed by atoms with Crippen LogP contribution >= 0.6 is 0 Å². The summed E-state index contributed by atoms with van der Waals surface area (Å²) in [7, 11) is 0. The molecule has 0 bridgehead atoms. The van der Waals surface area contributed by atoms with Crippen LogP contribution in [0.15, 0.2) is 70.7 Å². The molecule has 3 aliphatic rings. The summed E-state index contributed by atoms with van der Waals surface area (Å²) in [5.74, 6) is 0.728. The number of hydrogen-bond donors (Lipinski definition) is 2. The molecule has 2 aliphatic heterocycles. The molecule has 6 rings (SSSR count). The Kier molecular flexibility index (Phi) is 5.09. The van der Waals surface area contributed by atoms with Crippen molar-refractivity contribution in [3.63, 3.8) is 0 Å². The summed E-state index contributed by atoms with van der Waals surface area (Å²) in [5.41, 5.74) is 6.49. The molecule has 0 saturated heterocycles.